The van der Waals surface area contributed by atoms with Crippen molar-refractivity contribution in [2.45, 2.75) is 44.1 Å². The van der Waals surface area contributed by atoms with E-state index in [1.807, 2.05) is 0 Å². The zero-order valence-corrected chi connectivity index (χ0v) is 9.42. The standard InChI is InChI=1S/C6H12O6.C3H8O2/c7-1-3(9)5(11)6(12)4(10)2-8;1-2-3(4)5/h1,3-6,8-12H,2H2;3-5H,2H2,1H3. The molecule has 0 fully saturated rings. The first-order valence-corrected chi connectivity index (χ1v) is 4.96. The topological polar surface area (TPSA) is 159 Å². The number of hydrogen-bond acceptors (Lipinski definition) is 8. The second-order valence-corrected chi connectivity index (χ2v) is 3.25. The Hall–Kier alpha value is -0.610. The van der Waals surface area contributed by atoms with E-state index in [2.05, 4.69) is 0 Å². The molecule has 0 aliphatic heterocycles. The van der Waals surface area contributed by atoms with E-state index in [0.717, 1.165) is 0 Å². The zero-order chi connectivity index (χ0) is 14.0. The molecule has 0 bridgehead atoms. The Kier molecular flexibility index (Phi) is 11.6. The zero-order valence-electron chi connectivity index (χ0n) is 9.42. The number of aliphatic hydroxyl groups is 7. The Morgan fingerprint density at radius 1 is 1.00 bits per heavy atom. The Morgan fingerprint density at radius 2 is 1.41 bits per heavy atom. The molecule has 0 aliphatic rings. The van der Waals surface area contributed by atoms with Gasteiger partial charge in [-0.3, -0.25) is 0 Å². The van der Waals surface area contributed by atoms with Gasteiger partial charge in [-0.05, 0) is 6.42 Å². The number of hydrogen-bond donors (Lipinski definition) is 7. The predicted molar refractivity (Wildman–Crippen MR) is 55.7 cm³/mol. The lowest BCUT2D eigenvalue weighted by atomic mass is 10.0. The van der Waals surface area contributed by atoms with Gasteiger partial charge in [-0.15, -0.1) is 0 Å². The van der Waals surface area contributed by atoms with Crippen LogP contribution in [0.5, 0.6) is 0 Å². The molecule has 0 aromatic rings. The summed E-state index contributed by atoms with van der Waals surface area (Å²) in [5.41, 5.74) is 0. The van der Waals surface area contributed by atoms with E-state index in [1.165, 1.54) is 0 Å². The van der Waals surface area contributed by atoms with Gasteiger partial charge < -0.3 is 40.5 Å². The summed E-state index contributed by atoms with van der Waals surface area (Å²) in [5, 5.41) is 59.4. The van der Waals surface area contributed by atoms with Crippen LogP contribution in [0.25, 0.3) is 0 Å². The van der Waals surface area contributed by atoms with Gasteiger partial charge in [0.2, 0.25) is 0 Å². The maximum atomic E-state index is 9.90. The minimum absolute atomic E-state index is 0.0258. The van der Waals surface area contributed by atoms with Crippen molar-refractivity contribution < 1.29 is 40.5 Å². The highest BCUT2D eigenvalue weighted by atomic mass is 16.5. The van der Waals surface area contributed by atoms with Crippen LogP contribution in [0.4, 0.5) is 0 Å². The Balaban J connectivity index is 0. The highest BCUT2D eigenvalue weighted by molar-refractivity contribution is 5.56. The summed E-state index contributed by atoms with van der Waals surface area (Å²) >= 11 is 0. The van der Waals surface area contributed by atoms with Gasteiger partial charge in [0.1, 0.15) is 24.4 Å². The summed E-state index contributed by atoms with van der Waals surface area (Å²) in [6.07, 6.45) is -7.54. The number of carbonyl (C=O) groups excluding carboxylic acids is 1. The molecule has 0 aromatic heterocycles. The summed E-state index contributed by atoms with van der Waals surface area (Å²) in [4.78, 5) is 9.90. The van der Waals surface area contributed by atoms with Crippen LogP contribution in [0.3, 0.4) is 0 Å². The molecule has 0 saturated heterocycles. The predicted octanol–water partition coefficient (Wildman–Crippen LogP) is -3.67. The minimum atomic E-state index is -1.79. The molecule has 8 heteroatoms. The summed E-state index contributed by atoms with van der Waals surface area (Å²) in [6.45, 7) is 0.939. The average Bonchev–Trinajstić information content (AvgIpc) is 2.35. The quantitative estimate of drug-likeness (QED) is 0.189. The van der Waals surface area contributed by atoms with Gasteiger partial charge in [0.25, 0.3) is 0 Å². The first-order chi connectivity index (χ1) is 7.81. The third kappa shape index (κ3) is 9.12. The molecule has 0 spiro atoms. The SMILES string of the molecule is CCC(O)O.O=CC(O)C(O)C(O)C(O)CO. The van der Waals surface area contributed by atoms with Gasteiger partial charge in [0.05, 0.1) is 6.61 Å². The number of rotatable bonds is 6. The highest BCUT2D eigenvalue weighted by Gasteiger charge is 2.29. The first kappa shape index (κ1) is 18.7. The van der Waals surface area contributed by atoms with Crippen molar-refractivity contribution in [3.8, 4) is 0 Å². The maximum absolute atomic E-state index is 9.90. The fraction of sp³-hybridized carbons (Fsp3) is 0.889. The van der Waals surface area contributed by atoms with Crippen molar-refractivity contribution in [1.82, 2.24) is 0 Å². The van der Waals surface area contributed by atoms with E-state index in [-0.39, 0.29) is 6.29 Å². The summed E-state index contributed by atoms with van der Waals surface area (Å²) < 4.78 is 0. The Bertz CT molecular complexity index is 186. The fourth-order valence-corrected chi connectivity index (χ4v) is 0.618. The van der Waals surface area contributed by atoms with Crippen LogP contribution < -0.4 is 0 Å². The van der Waals surface area contributed by atoms with Gasteiger partial charge in [0, 0.05) is 0 Å². The molecule has 7 N–H and O–H groups in total. The maximum Gasteiger partial charge on any atom is 0.151 e. The van der Waals surface area contributed by atoms with Gasteiger partial charge in [-0.2, -0.15) is 0 Å². The summed E-state index contributed by atoms with van der Waals surface area (Å²) in [5.74, 6) is 0. The van der Waals surface area contributed by atoms with Crippen LogP contribution >= 0.6 is 0 Å². The third-order valence-corrected chi connectivity index (χ3v) is 1.79. The molecule has 104 valence electrons. The van der Waals surface area contributed by atoms with Crippen molar-refractivity contribution in [3.63, 3.8) is 0 Å². The summed E-state index contributed by atoms with van der Waals surface area (Å²) in [6, 6.07) is 0. The molecule has 0 heterocycles. The van der Waals surface area contributed by atoms with E-state index in [0.29, 0.717) is 6.42 Å². The number of carbonyl (C=O) groups is 1. The minimum Gasteiger partial charge on any atom is -0.394 e. The van der Waals surface area contributed by atoms with Gasteiger partial charge >= 0.3 is 0 Å². The molecule has 8 nitrogen and oxygen atoms in total. The lowest BCUT2D eigenvalue weighted by Crippen LogP contribution is -2.46. The van der Waals surface area contributed by atoms with E-state index >= 15 is 0 Å². The van der Waals surface area contributed by atoms with Crippen molar-refractivity contribution in [2.24, 2.45) is 0 Å². The average molecular weight is 256 g/mol. The number of aliphatic hydroxyl groups excluding tert-OH is 6. The van der Waals surface area contributed by atoms with Crippen molar-refractivity contribution >= 4 is 6.29 Å². The van der Waals surface area contributed by atoms with E-state index in [1.54, 1.807) is 6.92 Å². The molecule has 0 rings (SSSR count). The molecule has 0 aliphatic carbocycles. The molecule has 4 unspecified atom stereocenters. The van der Waals surface area contributed by atoms with Crippen LogP contribution in [0.1, 0.15) is 13.3 Å². The summed E-state index contributed by atoms with van der Waals surface area (Å²) in [7, 11) is 0. The first-order valence-electron chi connectivity index (χ1n) is 4.96. The smallest absolute Gasteiger partial charge is 0.151 e. The Labute approximate surface area is 98.4 Å². The molecule has 0 radical (unpaired) electrons. The second-order valence-electron chi connectivity index (χ2n) is 3.25. The monoisotopic (exact) mass is 256 g/mol. The molecule has 0 saturated carbocycles. The van der Waals surface area contributed by atoms with Gasteiger partial charge in [0.15, 0.2) is 12.6 Å². The third-order valence-electron chi connectivity index (χ3n) is 1.79. The lowest BCUT2D eigenvalue weighted by Gasteiger charge is -2.22. The molecular formula is C9H20O8. The van der Waals surface area contributed by atoms with E-state index in [9.17, 15) is 4.79 Å². The second kappa shape index (κ2) is 10.5. The van der Waals surface area contributed by atoms with Crippen LogP contribution in [-0.2, 0) is 4.79 Å². The fourth-order valence-electron chi connectivity index (χ4n) is 0.618. The number of aldehydes is 1. The van der Waals surface area contributed by atoms with Crippen molar-refractivity contribution in [2.75, 3.05) is 6.61 Å². The largest absolute Gasteiger partial charge is 0.394 e. The van der Waals surface area contributed by atoms with Crippen LogP contribution in [-0.4, -0.2) is 79.3 Å². The molecule has 0 aromatic carbocycles. The molecule has 0 amide bonds. The van der Waals surface area contributed by atoms with Gasteiger partial charge in [-0.25, -0.2) is 0 Å². The Morgan fingerprint density at radius 3 is 1.65 bits per heavy atom. The molecule has 17 heavy (non-hydrogen) atoms. The molecular weight excluding hydrogens is 236 g/mol. The van der Waals surface area contributed by atoms with Crippen molar-refractivity contribution in [1.29, 1.82) is 0 Å². The van der Waals surface area contributed by atoms with E-state index < -0.39 is 37.3 Å². The van der Waals surface area contributed by atoms with Crippen molar-refractivity contribution in [3.05, 3.63) is 0 Å². The highest BCUT2D eigenvalue weighted by Crippen LogP contribution is 2.02. The normalized spacial score (nSPS) is 17.7. The van der Waals surface area contributed by atoms with Gasteiger partial charge in [-0.1, -0.05) is 6.92 Å². The van der Waals surface area contributed by atoms with Crippen LogP contribution in [0.15, 0.2) is 0 Å². The van der Waals surface area contributed by atoms with E-state index in [4.69, 9.17) is 35.7 Å². The lowest BCUT2D eigenvalue weighted by molar-refractivity contribution is -0.136. The van der Waals surface area contributed by atoms with Crippen LogP contribution in [0.2, 0.25) is 0 Å². The van der Waals surface area contributed by atoms with Crippen LogP contribution in [0, 0.1) is 0 Å². The molecule has 4 atom stereocenters.